The number of urea groups is 1. The van der Waals surface area contributed by atoms with E-state index in [9.17, 15) is 13.2 Å². The molecule has 1 unspecified atom stereocenters. The minimum absolute atomic E-state index is 0.00461. The molecular formula is C23H32ClN3O3S. The van der Waals surface area contributed by atoms with E-state index in [1.54, 1.807) is 28.6 Å². The number of hydrogen-bond donors (Lipinski definition) is 2. The zero-order chi connectivity index (χ0) is 21.6. The smallest absolute Gasteiger partial charge is 0.315 e. The first-order valence-electron chi connectivity index (χ1n) is 11.6. The summed E-state index contributed by atoms with van der Waals surface area (Å²) in [5, 5.41) is 6.92. The molecule has 6 nitrogen and oxygen atoms in total. The lowest BCUT2D eigenvalue weighted by Crippen LogP contribution is -2.61. The Labute approximate surface area is 190 Å². The van der Waals surface area contributed by atoms with Crippen LogP contribution in [0.1, 0.15) is 51.4 Å². The number of hydrogen-bond acceptors (Lipinski definition) is 3. The Morgan fingerprint density at radius 2 is 1.68 bits per heavy atom. The number of amides is 2. The molecule has 0 radical (unpaired) electrons. The van der Waals surface area contributed by atoms with E-state index >= 15 is 0 Å². The van der Waals surface area contributed by atoms with E-state index < -0.39 is 10.0 Å². The van der Waals surface area contributed by atoms with Crippen LogP contribution >= 0.6 is 11.6 Å². The van der Waals surface area contributed by atoms with E-state index in [0.717, 1.165) is 49.9 Å². The van der Waals surface area contributed by atoms with Crippen molar-refractivity contribution in [3.63, 3.8) is 0 Å². The van der Waals surface area contributed by atoms with Gasteiger partial charge in [-0.1, -0.05) is 11.6 Å². The summed E-state index contributed by atoms with van der Waals surface area (Å²) < 4.78 is 27.5. The first kappa shape index (κ1) is 21.5. The molecule has 4 bridgehead atoms. The van der Waals surface area contributed by atoms with Crippen molar-refractivity contribution in [1.29, 1.82) is 0 Å². The first-order valence-corrected chi connectivity index (χ1v) is 13.4. The van der Waals surface area contributed by atoms with Crippen molar-refractivity contribution >= 4 is 27.7 Å². The normalized spacial score (nSPS) is 35.1. The number of rotatable bonds is 5. The summed E-state index contributed by atoms with van der Waals surface area (Å²) in [7, 11) is -3.54. The van der Waals surface area contributed by atoms with Crippen molar-refractivity contribution in [3.05, 3.63) is 29.3 Å². The van der Waals surface area contributed by atoms with Gasteiger partial charge in [-0.25, -0.2) is 13.2 Å². The van der Waals surface area contributed by atoms with Crippen LogP contribution in [0.25, 0.3) is 0 Å². The highest BCUT2D eigenvalue weighted by Crippen LogP contribution is 2.55. The zero-order valence-electron chi connectivity index (χ0n) is 17.9. The average Bonchev–Trinajstić information content (AvgIpc) is 2.71. The molecule has 5 aliphatic rings. The summed E-state index contributed by atoms with van der Waals surface area (Å²) >= 11 is 5.90. The summed E-state index contributed by atoms with van der Waals surface area (Å²) in [6, 6.07) is 6.23. The van der Waals surface area contributed by atoms with Crippen LogP contribution < -0.4 is 10.6 Å². The molecule has 1 saturated heterocycles. The highest BCUT2D eigenvalue weighted by molar-refractivity contribution is 7.89. The van der Waals surface area contributed by atoms with Crippen LogP contribution in [0.4, 0.5) is 4.79 Å². The SMILES string of the molecule is O=C(NCC1CCCN(S(=O)(=O)c2ccc(Cl)cc2)C1)NC12CC3C[C@H](C1)C[C@H](C3)C2. The minimum atomic E-state index is -3.54. The Hall–Kier alpha value is -1.31. The molecule has 1 aliphatic heterocycles. The Morgan fingerprint density at radius 1 is 1.06 bits per heavy atom. The van der Waals surface area contributed by atoms with Crippen LogP contribution in [0.3, 0.4) is 0 Å². The van der Waals surface area contributed by atoms with Crippen molar-refractivity contribution in [1.82, 2.24) is 14.9 Å². The quantitative estimate of drug-likeness (QED) is 0.689. The largest absolute Gasteiger partial charge is 0.338 e. The molecule has 6 rings (SSSR count). The number of carbonyl (C=O) groups is 1. The van der Waals surface area contributed by atoms with Gasteiger partial charge in [0.15, 0.2) is 0 Å². The van der Waals surface area contributed by atoms with Gasteiger partial charge in [0.2, 0.25) is 10.0 Å². The molecule has 5 fully saturated rings. The van der Waals surface area contributed by atoms with Crippen LogP contribution in [0.2, 0.25) is 5.02 Å². The lowest BCUT2D eigenvalue weighted by atomic mass is 9.53. The summed E-state index contributed by atoms with van der Waals surface area (Å²) in [6.45, 7) is 1.45. The molecule has 0 spiro atoms. The Kier molecular flexibility index (Phi) is 5.72. The second kappa shape index (κ2) is 8.23. The molecule has 8 heteroatoms. The summed E-state index contributed by atoms with van der Waals surface area (Å²) in [5.41, 5.74) is -0.00461. The number of carbonyl (C=O) groups excluding carboxylic acids is 1. The second-order valence-electron chi connectivity index (χ2n) is 10.4. The van der Waals surface area contributed by atoms with E-state index in [-0.39, 0.29) is 22.4 Å². The van der Waals surface area contributed by atoms with E-state index in [4.69, 9.17) is 11.6 Å². The van der Waals surface area contributed by atoms with E-state index in [2.05, 4.69) is 10.6 Å². The second-order valence-corrected chi connectivity index (χ2v) is 12.7. The number of halogens is 1. The van der Waals surface area contributed by atoms with Crippen molar-refractivity contribution < 1.29 is 13.2 Å². The molecule has 2 N–H and O–H groups in total. The fourth-order valence-electron chi connectivity index (χ4n) is 6.95. The Bertz CT molecular complexity index is 899. The third-order valence-corrected chi connectivity index (χ3v) is 10.0. The summed E-state index contributed by atoms with van der Waals surface area (Å²) in [5.74, 6) is 2.49. The van der Waals surface area contributed by atoms with Crippen LogP contribution in [0, 0.1) is 23.7 Å². The molecule has 31 heavy (non-hydrogen) atoms. The van der Waals surface area contributed by atoms with Gasteiger partial charge in [0.1, 0.15) is 0 Å². The maximum absolute atomic E-state index is 13.0. The molecule has 1 aromatic carbocycles. The molecule has 2 amide bonds. The number of nitrogens with zero attached hydrogens (tertiary/aromatic N) is 1. The van der Waals surface area contributed by atoms with E-state index in [1.165, 1.54) is 19.3 Å². The van der Waals surface area contributed by atoms with Crippen molar-refractivity contribution in [3.8, 4) is 0 Å². The first-order chi connectivity index (χ1) is 14.8. The van der Waals surface area contributed by atoms with Gasteiger partial charge in [-0.15, -0.1) is 0 Å². The zero-order valence-corrected chi connectivity index (χ0v) is 19.4. The number of benzene rings is 1. The maximum atomic E-state index is 13.0. The molecule has 4 aliphatic carbocycles. The minimum Gasteiger partial charge on any atom is -0.338 e. The molecule has 170 valence electrons. The topological polar surface area (TPSA) is 78.5 Å². The van der Waals surface area contributed by atoms with Gasteiger partial charge in [0.05, 0.1) is 4.90 Å². The highest BCUT2D eigenvalue weighted by Gasteiger charge is 2.51. The molecule has 0 aromatic heterocycles. The van der Waals surface area contributed by atoms with Gasteiger partial charge in [-0.05, 0) is 99.3 Å². The molecule has 1 aromatic rings. The monoisotopic (exact) mass is 465 g/mol. The van der Waals surface area contributed by atoms with Crippen LogP contribution in [-0.2, 0) is 10.0 Å². The van der Waals surface area contributed by atoms with Crippen molar-refractivity contribution in [2.75, 3.05) is 19.6 Å². The van der Waals surface area contributed by atoms with Gasteiger partial charge >= 0.3 is 6.03 Å². The Balaban J connectivity index is 1.16. The number of sulfonamides is 1. The van der Waals surface area contributed by atoms with Crippen LogP contribution in [-0.4, -0.2) is 43.9 Å². The lowest BCUT2D eigenvalue weighted by molar-refractivity contribution is -0.0135. The van der Waals surface area contributed by atoms with Crippen molar-refractivity contribution in [2.24, 2.45) is 23.7 Å². The van der Waals surface area contributed by atoms with E-state index in [1.807, 2.05) is 0 Å². The van der Waals surface area contributed by atoms with Gasteiger partial charge in [0.25, 0.3) is 0 Å². The standard InChI is InChI=1S/C23H32ClN3O3S/c24-20-3-5-21(6-4-20)31(29,30)27-7-1-2-16(15-27)14-25-22(28)26-23-11-17-8-18(12-23)10-19(9-17)13-23/h3-6,16-19H,1-2,7-15H2,(H2,25,26,28)/t16?,17-,18-,19?,23?/m1/s1. The van der Waals surface area contributed by atoms with Crippen LogP contribution in [0.15, 0.2) is 29.2 Å². The van der Waals surface area contributed by atoms with Crippen molar-refractivity contribution in [2.45, 2.75) is 61.8 Å². The third kappa shape index (κ3) is 4.46. The lowest BCUT2D eigenvalue weighted by Gasteiger charge is -2.56. The fourth-order valence-corrected chi connectivity index (χ4v) is 8.63. The fraction of sp³-hybridized carbons (Fsp3) is 0.696. The average molecular weight is 466 g/mol. The predicted octanol–water partition coefficient (Wildman–Crippen LogP) is 4.01. The van der Waals surface area contributed by atoms with E-state index in [0.29, 0.717) is 24.7 Å². The summed E-state index contributed by atoms with van der Waals surface area (Å²) in [4.78, 5) is 13.0. The predicted molar refractivity (Wildman–Crippen MR) is 120 cm³/mol. The molecule has 1 heterocycles. The molecular weight excluding hydrogens is 434 g/mol. The highest BCUT2D eigenvalue weighted by atomic mass is 35.5. The number of nitrogens with one attached hydrogen (secondary N) is 2. The molecule has 1 atom stereocenters. The third-order valence-electron chi connectivity index (χ3n) is 7.90. The summed E-state index contributed by atoms with van der Waals surface area (Å²) in [6.07, 6.45) is 9.16. The maximum Gasteiger partial charge on any atom is 0.315 e. The van der Waals surface area contributed by atoms with Gasteiger partial charge in [0, 0.05) is 30.2 Å². The van der Waals surface area contributed by atoms with Gasteiger partial charge in [-0.3, -0.25) is 0 Å². The Morgan fingerprint density at radius 3 is 2.29 bits per heavy atom. The van der Waals surface area contributed by atoms with Gasteiger partial charge < -0.3 is 10.6 Å². The van der Waals surface area contributed by atoms with Gasteiger partial charge in [-0.2, -0.15) is 4.31 Å². The molecule has 4 saturated carbocycles. The number of piperidine rings is 1. The van der Waals surface area contributed by atoms with Crippen LogP contribution in [0.5, 0.6) is 0 Å².